The zero-order chi connectivity index (χ0) is 21.5. The molecule has 1 aliphatic heterocycles. The largest absolute Gasteiger partial charge is 0.482 e. The Balaban J connectivity index is 1.38. The molecule has 0 amide bonds. The topological polar surface area (TPSA) is 32.8 Å². The second-order valence-electron chi connectivity index (χ2n) is 7.74. The summed E-state index contributed by atoms with van der Waals surface area (Å²) < 4.78 is 19.4. The van der Waals surface area contributed by atoms with Crippen molar-refractivity contribution in [1.29, 1.82) is 0 Å². The lowest BCUT2D eigenvalue weighted by atomic mass is 10.0. The van der Waals surface area contributed by atoms with Crippen LogP contribution in [-0.4, -0.2) is 49.5 Å². The van der Waals surface area contributed by atoms with Crippen LogP contribution < -0.4 is 9.64 Å². The van der Waals surface area contributed by atoms with Gasteiger partial charge in [0.2, 0.25) is 5.78 Å². The van der Waals surface area contributed by atoms with Crippen LogP contribution in [0.1, 0.15) is 16.8 Å². The van der Waals surface area contributed by atoms with Crippen LogP contribution in [0.5, 0.6) is 5.75 Å². The summed E-state index contributed by atoms with van der Waals surface area (Å²) in [5, 5.41) is 0. The third kappa shape index (κ3) is 5.70. The zero-order valence-corrected chi connectivity index (χ0v) is 17.5. The average molecular weight is 419 g/mol. The van der Waals surface area contributed by atoms with Gasteiger partial charge in [-0.1, -0.05) is 36.4 Å². The van der Waals surface area contributed by atoms with Crippen molar-refractivity contribution in [1.82, 2.24) is 4.90 Å². The van der Waals surface area contributed by atoms with Crippen LogP contribution in [0.25, 0.3) is 0 Å². The first-order chi connectivity index (χ1) is 15.2. The molecular weight excluding hydrogens is 391 g/mol. The molecule has 1 saturated heterocycles. The number of Topliss-reactive ketones (excluding diaryl/α,β-unsaturated/α-hetero) is 1. The van der Waals surface area contributed by atoms with Gasteiger partial charge < -0.3 is 9.64 Å². The van der Waals surface area contributed by atoms with Crippen LogP contribution in [0.15, 0.2) is 84.9 Å². The number of nitrogens with zero attached hydrogens (tertiary/aromatic N) is 2. The number of hydrogen-bond donors (Lipinski definition) is 0. The second kappa shape index (κ2) is 10.2. The molecule has 0 N–H and O–H groups in total. The predicted octanol–water partition coefficient (Wildman–Crippen LogP) is 4.67. The third-order valence-electron chi connectivity index (χ3n) is 5.64. The van der Waals surface area contributed by atoms with Gasteiger partial charge in [-0.05, 0) is 48.5 Å². The van der Waals surface area contributed by atoms with Crippen LogP contribution >= 0.6 is 0 Å². The van der Waals surface area contributed by atoms with Crippen molar-refractivity contribution >= 4 is 11.5 Å². The Hall–Kier alpha value is -3.18. The van der Waals surface area contributed by atoms with Crippen LogP contribution in [0.3, 0.4) is 0 Å². The van der Waals surface area contributed by atoms with Crippen molar-refractivity contribution in [3.63, 3.8) is 0 Å². The fourth-order valence-corrected chi connectivity index (χ4v) is 3.88. The van der Waals surface area contributed by atoms with E-state index in [0.29, 0.717) is 17.7 Å². The Kier molecular flexibility index (Phi) is 6.95. The molecule has 4 rings (SSSR count). The average Bonchev–Trinajstić information content (AvgIpc) is 2.83. The molecule has 1 atom stereocenters. The molecule has 160 valence electrons. The van der Waals surface area contributed by atoms with Gasteiger partial charge in [-0.3, -0.25) is 9.69 Å². The number of carbonyl (C=O) groups excluding carboxylic acids is 1. The first-order valence-corrected chi connectivity index (χ1v) is 10.7. The molecule has 31 heavy (non-hydrogen) atoms. The molecule has 1 unspecified atom stereocenters. The molecule has 4 nitrogen and oxygen atoms in total. The van der Waals surface area contributed by atoms with E-state index in [4.69, 9.17) is 4.74 Å². The van der Waals surface area contributed by atoms with E-state index in [1.165, 1.54) is 30.0 Å². The lowest BCUT2D eigenvalue weighted by Gasteiger charge is -2.36. The molecule has 0 radical (unpaired) electrons. The van der Waals surface area contributed by atoms with Crippen molar-refractivity contribution in [3.8, 4) is 5.75 Å². The molecule has 3 aromatic carbocycles. The smallest absolute Gasteiger partial charge is 0.203 e. The van der Waals surface area contributed by atoms with E-state index in [-0.39, 0.29) is 11.6 Å². The molecule has 5 heteroatoms. The number of hydrogen-bond acceptors (Lipinski definition) is 4. The summed E-state index contributed by atoms with van der Waals surface area (Å²) in [7, 11) is 0. The van der Waals surface area contributed by atoms with Crippen LogP contribution in [0.2, 0.25) is 0 Å². The molecule has 0 spiro atoms. The fraction of sp³-hybridized carbons (Fsp3) is 0.269. The van der Waals surface area contributed by atoms with E-state index in [2.05, 4.69) is 34.1 Å². The molecule has 0 aromatic heterocycles. The van der Waals surface area contributed by atoms with Gasteiger partial charge in [-0.25, -0.2) is 4.39 Å². The Morgan fingerprint density at radius 1 is 0.839 bits per heavy atom. The normalized spacial score (nSPS) is 15.5. The number of benzene rings is 3. The summed E-state index contributed by atoms with van der Waals surface area (Å²) in [6.45, 7) is 4.57. The van der Waals surface area contributed by atoms with E-state index in [0.717, 1.165) is 32.7 Å². The van der Waals surface area contributed by atoms with Gasteiger partial charge in [0, 0.05) is 50.4 Å². The van der Waals surface area contributed by atoms with Gasteiger partial charge >= 0.3 is 0 Å². The predicted molar refractivity (Wildman–Crippen MR) is 121 cm³/mol. The van der Waals surface area contributed by atoms with Gasteiger partial charge in [-0.2, -0.15) is 0 Å². The van der Waals surface area contributed by atoms with Crippen LogP contribution in [0.4, 0.5) is 10.1 Å². The number of halogens is 1. The first kappa shape index (κ1) is 21.1. The number of ketones is 1. The summed E-state index contributed by atoms with van der Waals surface area (Å²) in [6.07, 6.45) is -0.0313. The van der Waals surface area contributed by atoms with Crippen molar-refractivity contribution in [2.24, 2.45) is 0 Å². The van der Waals surface area contributed by atoms with Crippen molar-refractivity contribution < 1.29 is 13.9 Å². The van der Waals surface area contributed by atoms with E-state index in [1.807, 2.05) is 36.4 Å². The fourth-order valence-electron chi connectivity index (χ4n) is 3.88. The summed E-state index contributed by atoms with van der Waals surface area (Å²) in [5.74, 6) is 0.192. The molecular formula is C26H27FN2O2. The van der Waals surface area contributed by atoms with Crippen molar-refractivity contribution in [2.75, 3.05) is 37.6 Å². The molecule has 1 aliphatic rings. The highest BCUT2D eigenvalue weighted by Crippen LogP contribution is 2.19. The van der Waals surface area contributed by atoms with E-state index in [9.17, 15) is 9.18 Å². The quantitative estimate of drug-likeness (QED) is 0.498. The summed E-state index contributed by atoms with van der Waals surface area (Å²) >= 11 is 0. The Morgan fingerprint density at radius 3 is 2.10 bits per heavy atom. The monoisotopic (exact) mass is 418 g/mol. The molecule has 1 heterocycles. The Bertz CT molecular complexity index is 956. The highest BCUT2D eigenvalue weighted by Gasteiger charge is 2.24. The number of para-hydroxylation sites is 2. The van der Waals surface area contributed by atoms with Gasteiger partial charge in [0.05, 0.1) is 0 Å². The third-order valence-corrected chi connectivity index (χ3v) is 5.64. The summed E-state index contributed by atoms with van der Waals surface area (Å²) in [6, 6.07) is 25.5. The first-order valence-electron chi connectivity index (χ1n) is 10.7. The minimum atomic E-state index is -0.611. The molecule has 3 aromatic rings. The van der Waals surface area contributed by atoms with E-state index in [1.54, 1.807) is 0 Å². The van der Waals surface area contributed by atoms with Crippen molar-refractivity contribution in [3.05, 3.63) is 96.3 Å². The molecule has 0 bridgehead atoms. The lowest BCUT2D eigenvalue weighted by molar-refractivity contribution is 0.0753. The number of carbonyl (C=O) groups is 1. The SMILES string of the molecule is O=C(c1ccc(F)cc1)C(CCN1CCN(c2ccccc2)CC1)Oc1ccccc1. The summed E-state index contributed by atoms with van der Waals surface area (Å²) in [4.78, 5) is 17.9. The minimum absolute atomic E-state index is 0.119. The van der Waals surface area contributed by atoms with E-state index >= 15 is 0 Å². The highest BCUT2D eigenvalue weighted by molar-refractivity contribution is 5.99. The number of ether oxygens (including phenoxy) is 1. The molecule has 1 fully saturated rings. The molecule has 0 aliphatic carbocycles. The van der Waals surface area contributed by atoms with Gasteiger partial charge in [-0.15, -0.1) is 0 Å². The number of rotatable bonds is 8. The Labute approximate surface area is 182 Å². The zero-order valence-electron chi connectivity index (χ0n) is 17.5. The Morgan fingerprint density at radius 2 is 1.45 bits per heavy atom. The maximum atomic E-state index is 13.3. The van der Waals surface area contributed by atoms with Crippen LogP contribution in [-0.2, 0) is 0 Å². The lowest BCUT2D eigenvalue weighted by Crippen LogP contribution is -2.47. The maximum absolute atomic E-state index is 13.3. The molecule has 0 saturated carbocycles. The van der Waals surface area contributed by atoms with Crippen LogP contribution in [0, 0.1) is 5.82 Å². The summed E-state index contributed by atoms with van der Waals surface area (Å²) in [5.41, 5.74) is 1.72. The van der Waals surface area contributed by atoms with Gasteiger partial charge in [0.1, 0.15) is 11.6 Å². The van der Waals surface area contributed by atoms with Gasteiger partial charge in [0.15, 0.2) is 6.10 Å². The standard InChI is InChI=1S/C26H27FN2O2/c27-22-13-11-21(12-14-22)26(30)25(31-24-9-5-2-6-10-24)15-16-28-17-19-29(20-18-28)23-7-3-1-4-8-23/h1-14,25H,15-20H2. The minimum Gasteiger partial charge on any atom is -0.482 e. The van der Waals surface area contributed by atoms with Gasteiger partial charge in [0.25, 0.3) is 0 Å². The maximum Gasteiger partial charge on any atom is 0.203 e. The number of anilines is 1. The second-order valence-corrected chi connectivity index (χ2v) is 7.74. The highest BCUT2D eigenvalue weighted by atomic mass is 19.1. The number of piperazine rings is 1. The van der Waals surface area contributed by atoms with E-state index < -0.39 is 6.10 Å². The van der Waals surface area contributed by atoms with Crippen molar-refractivity contribution in [2.45, 2.75) is 12.5 Å².